The van der Waals surface area contributed by atoms with Gasteiger partial charge in [-0.3, -0.25) is 4.79 Å². The van der Waals surface area contributed by atoms with Crippen LogP contribution in [0.1, 0.15) is 21.5 Å². The molecular formula is C30H24N2O5S. The van der Waals surface area contributed by atoms with Crippen molar-refractivity contribution < 1.29 is 27.7 Å². The summed E-state index contributed by atoms with van der Waals surface area (Å²) >= 11 is 0. The summed E-state index contributed by atoms with van der Waals surface area (Å²) in [5.74, 6) is -1.97. The first-order valence-electron chi connectivity index (χ1n) is 11.9. The second kappa shape index (κ2) is 9.72. The number of anilines is 1. The number of benzene rings is 4. The van der Waals surface area contributed by atoms with Crippen LogP contribution < -0.4 is 14.0 Å². The largest absolute Gasteiger partial charge is 0.550 e. The second-order valence-corrected chi connectivity index (χ2v) is 10.9. The number of hydrogen-bond donors (Lipinski definition) is 0. The molecule has 0 saturated heterocycles. The van der Waals surface area contributed by atoms with E-state index in [1.807, 2.05) is 42.8 Å². The van der Waals surface area contributed by atoms with Gasteiger partial charge in [0, 0.05) is 24.5 Å². The van der Waals surface area contributed by atoms with Gasteiger partial charge in [0.05, 0.1) is 26.9 Å². The third kappa shape index (κ3) is 4.39. The van der Waals surface area contributed by atoms with E-state index in [1.54, 1.807) is 36.4 Å². The van der Waals surface area contributed by atoms with E-state index in [0.29, 0.717) is 16.3 Å². The quantitative estimate of drug-likeness (QED) is 0.250. The van der Waals surface area contributed by atoms with Gasteiger partial charge in [0.1, 0.15) is 7.05 Å². The Bertz CT molecular complexity index is 1760. The highest BCUT2D eigenvalue weighted by atomic mass is 32.2. The summed E-state index contributed by atoms with van der Waals surface area (Å²) in [7, 11) is -2.45. The number of aryl methyl sites for hydroxylation is 2. The van der Waals surface area contributed by atoms with Crippen LogP contribution in [0.5, 0.6) is 0 Å². The topological polar surface area (TPSA) is 98.5 Å². The molecular weight excluding hydrogens is 500 g/mol. The number of carbonyl (C=O) groups excluding carboxylic acids is 2. The van der Waals surface area contributed by atoms with Crippen LogP contribution in [-0.2, 0) is 28.3 Å². The van der Waals surface area contributed by atoms with Crippen molar-refractivity contribution in [3.8, 4) is 0 Å². The maximum atomic E-state index is 14.5. The zero-order valence-corrected chi connectivity index (χ0v) is 21.6. The Hall–Kier alpha value is -4.56. The zero-order valence-electron chi connectivity index (χ0n) is 20.8. The smallest absolute Gasteiger partial charge is 0.274 e. The van der Waals surface area contributed by atoms with Crippen molar-refractivity contribution in [2.24, 2.45) is 7.05 Å². The van der Waals surface area contributed by atoms with Crippen LogP contribution in [0.3, 0.4) is 0 Å². The van der Waals surface area contributed by atoms with Crippen molar-refractivity contribution in [3.63, 3.8) is 0 Å². The van der Waals surface area contributed by atoms with Gasteiger partial charge in [-0.15, -0.1) is 0 Å². The van der Waals surface area contributed by atoms with Crippen LogP contribution in [-0.4, -0.2) is 20.3 Å². The molecule has 0 aliphatic heterocycles. The fraction of sp³-hybridized carbons (Fsp3) is 0.100. The maximum Gasteiger partial charge on any atom is 0.274 e. The van der Waals surface area contributed by atoms with Crippen LogP contribution in [0.15, 0.2) is 102 Å². The second-order valence-electron chi connectivity index (χ2n) is 9.07. The zero-order chi connectivity index (χ0) is 27.0. The molecule has 1 amide bonds. The van der Waals surface area contributed by atoms with Crippen LogP contribution in [0, 0.1) is 6.92 Å². The van der Waals surface area contributed by atoms with Crippen molar-refractivity contribution in [1.29, 1.82) is 0 Å². The van der Waals surface area contributed by atoms with Crippen molar-refractivity contribution >= 4 is 49.4 Å². The molecule has 0 aliphatic carbocycles. The maximum absolute atomic E-state index is 14.5. The van der Waals surface area contributed by atoms with E-state index < -0.39 is 21.9 Å². The molecule has 0 bridgehead atoms. The van der Waals surface area contributed by atoms with Crippen LogP contribution in [0.2, 0.25) is 0 Å². The predicted molar refractivity (Wildman–Crippen MR) is 143 cm³/mol. The summed E-state index contributed by atoms with van der Waals surface area (Å²) in [6.07, 6.45) is -0.330. The van der Waals surface area contributed by atoms with Gasteiger partial charge in [-0.1, -0.05) is 54.1 Å². The fourth-order valence-electron chi connectivity index (χ4n) is 4.66. The van der Waals surface area contributed by atoms with Gasteiger partial charge < -0.3 is 9.90 Å². The Balaban J connectivity index is 1.78. The van der Waals surface area contributed by atoms with E-state index in [1.165, 1.54) is 36.4 Å². The standard InChI is InChI=1S/C30H24N2O5S/c1-20-11-17-23(18-12-20)38(36,37)32(22-15-13-21(14-16-22)19-28(33)34)30(35)29-24-7-3-5-9-26(24)31(2)27-10-6-4-8-25(27)29/h3-18H,19H2,1-2H3. The minimum atomic E-state index is -4.35. The summed E-state index contributed by atoms with van der Waals surface area (Å²) < 4.78 is 30.9. The van der Waals surface area contributed by atoms with Gasteiger partial charge in [-0.05, 0) is 48.9 Å². The molecule has 5 aromatic rings. The lowest BCUT2D eigenvalue weighted by molar-refractivity contribution is -0.617. The van der Waals surface area contributed by atoms with Gasteiger partial charge in [0.25, 0.3) is 15.9 Å². The Kier molecular flexibility index (Phi) is 6.42. The van der Waals surface area contributed by atoms with E-state index in [0.717, 1.165) is 20.9 Å². The SMILES string of the molecule is Cc1ccc(S(=O)(=O)N(C(=O)c2c3ccccc3[n+](C)c3ccccc23)c2ccc(CC(=O)[O-])cc2)cc1. The molecule has 7 nitrogen and oxygen atoms in total. The van der Waals surface area contributed by atoms with E-state index in [4.69, 9.17) is 0 Å². The highest BCUT2D eigenvalue weighted by molar-refractivity contribution is 7.93. The average Bonchev–Trinajstić information content (AvgIpc) is 2.90. The van der Waals surface area contributed by atoms with Crippen molar-refractivity contribution in [2.45, 2.75) is 18.2 Å². The van der Waals surface area contributed by atoms with E-state index in [-0.39, 0.29) is 22.6 Å². The van der Waals surface area contributed by atoms with Gasteiger partial charge >= 0.3 is 0 Å². The minimum absolute atomic E-state index is 0.0367. The lowest BCUT2D eigenvalue weighted by Gasteiger charge is -2.24. The molecule has 0 radical (unpaired) electrons. The van der Waals surface area contributed by atoms with Crippen LogP contribution in [0.25, 0.3) is 21.8 Å². The Morgan fingerprint density at radius 2 is 1.32 bits per heavy atom. The first kappa shape index (κ1) is 25.1. The monoisotopic (exact) mass is 524 g/mol. The molecule has 0 saturated carbocycles. The fourth-order valence-corrected chi connectivity index (χ4v) is 6.06. The highest BCUT2D eigenvalue weighted by Gasteiger charge is 2.35. The molecule has 4 aromatic carbocycles. The first-order chi connectivity index (χ1) is 18.2. The molecule has 0 unspecified atom stereocenters. The number of rotatable bonds is 6. The molecule has 38 heavy (non-hydrogen) atoms. The first-order valence-corrected chi connectivity index (χ1v) is 13.4. The number of hydrogen-bond acceptors (Lipinski definition) is 5. The van der Waals surface area contributed by atoms with Crippen molar-refractivity contribution in [2.75, 3.05) is 4.31 Å². The Morgan fingerprint density at radius 3 is 1.84 bits per heavy atom. The molecule has 1 heterocycles. The number of amides is 1. The molecule has 0 N–H and O–H groups in total. The molecule has 0 spiro atoms. The third-order valence-electron chi connectivity index (χ3n) is 6.55. The molecule has 0 fully saturated rings. The number of carboxylic acid groups (broad SMARTS) is 1. The average molecular weight is 525 g/mol. The summed E-state index contributed by atoms with van der Waals surface area (Å²) in [4.78, 5) is 25.5. The number of aromatic nitrogens is 1. The van der Waals surface area contributed by atoms with Crippen LogP contribution >= 0.6 is 0 Å². The molecule has 0 aliphatic rings. The van der Waals surface area contributed by atoms with Crippen LogP contribution in [0.4, 0.5) is 5.69 Å². The van der Waals surface area contributed by atoms with Gasteiger partial charge in [-0.2, -0.15) is 8.87 Å². The number of sulfonamides is 1. The van der Waals surface area contributed by atoms with Gasteiger partial charge in [0.2, 0.25) is 11.0 Å². The molecule has 8 heteroatoms. The highest BCUT2D eigenvalue weighted by Crippen LogP contribution is 2.32. The molecule has 190 valence electrons. The van der Waals surface area contributed by atoms with Gasteiger partial charge in [0.15, 0.2) is 0 Å². The summed E-state index contributed by atoms with van der Waals surface area (Å²) in [5.41, 5.74) is 3.19. The minimum Gasteiger partial charge on any atom is -0.550 e. The van der Waals surface area contributed by atoms with Crippen molar-refractivity contribution in [1.82, 2.24) is 0 Å². The Morgan fingerprint density at radius 1 is 0.789 bits per heavy atom. The Labute approximate surface area is 220 Å². The third-order valence-corrected chi connectivity index (χ3v) is 8.27. The van der Waals surface area contributed by atoms with E-state index in [9.17, 15) is 23.1 Å². The van der Waals surface area contributed by atoms with E-state index >= 15 is 0 Å². The molecule has 5 rings (SSSR count). The number of carbonyl (C=O) groups is 2. The normalized spacial score (nSPS) is 11.5. The number of aliphatic carboxylic acids is 1. The number of carboxylic acids is 1. The summed E-state index contributed by atoms with van der Waals surface area (Å²) in [5, 5.41) is 12.3. The lowest BCUT2D eigenvalue weighted by atomic mass is 10.0. The summed E-state index contributed by atoms with van der Waals surface area (Å²) in [6, 6.07) is 26.8. The van der Waals surface area contributed by atoms with Gasteiger partial charge in [-0.25, -0.2) is 8.42 Å². The summed E-state index contributed by atoms with van der Waals surface area (Å²) in [6.45, 7) is 1.84. The van der Waals surface area contributed by atoms with E-state index in [2.05, 4.69) is 0 Å². The number of para-hydroxylation sites is 2. The lowest BCUT2D eigenvalue weighted by Crippen LogP contribution is -2.39. The molecule has 0 atom stereocenters. The van der Waals surface area contributed by atoms with Crippen molar-refractivity contribution in [3.05, 3.63) is 114 Å². The molecule has 1 aromatic heterocycles. The number of nitrogens with zero attached hydrogens (tertiary/aromatic N) is 2. The predicted octanol–water partition coefficient (Wildman–Crippen LogP) is 3.45. The number of pyridine rings is 1. The number of fused-ring (bicyclic) bond motifs is 2.